The second-order valence-corrected chi connectivity index (χ2v) is 16.3. The van der Waals surface area contributed by atoms with Crippen LogP contribution in [0.5, 0.6) is 0 Å². The lowest BCUT2D eigenvalue weighted by molar-refractivity contribution is -0.140. The molecule has 6 rings (SSSR count). The Morgan fingerprint density at radius 2 is 1.50 bits per heavy atom. The average Bonchev–Trinajstić information content (AvgIpc) is 2.88. The fraction of sp³-hybridized carbons (Fsp3) is 0.588. The second kappa shape index (κ2) is 11.3. The lowest BCUT2D eigenvalue weighted by Gasteiger charge is -2.57. The number of sulfonamides is 1. The van der Waals surface area contributed by atoms with Gasteiger partial charge in [0, 0.05) is 12.1 Å². The van der Waals surface area contributed by atoms with Gasteiger partial charge >= 0.3 is 0 Å². The van der Waals surface area contributed by atoms with Crippen LogP contribution in [0, 0.1) is 24.7 Å². The highest BCUT2D eigenvalue weighted by Crippen LogP contribution is 2.60. The second-order valence-electron chi connectivity index (χ2n) is 14.4. The molecule has 1 atom stereocenters. The van der Waals surface area contributed by atoms with Crippen molar-refractivity contribution < 1.29 is 18.0 Å². The van der Waals surface area contributed by atoms with Crippen molar-refractivity contribution in [2.45, 2.75) is 96.7 Å². The Morgan fingerprint density at radius 3 is 2.00 bits per heavy atom. The van der Waals surface area contributed by atoms with Crippen LogP contribution in [-0.4, -0.2) is 49.5 Å². The number of aryl methyl sites for hydroxylation is 1. The van der Waals surface area contributed by atoms with E-state index < -0.39 is 27.5 Å². The first-order valence-electron chi connectivity index (χ1n) is 15.4. The number of rotatable bonds is 9. The summed E-state index contributed by atoms with van der Waals surface area (Å²) in [4.78, 5) is 28.6. The molecule has 4 saturated carbocycles. The zero-order chi connectivity index (χ0) is 30.4. The Hall–Kier alpha value is -2.87. The van der Waals surface area contributed by atoms with Crippen LogP contribution < -0.4 is 9.62 Å². The van der Waals surface area contributed by atoms with Crippen LogP contribution in [0.2, 0.25) is 0 Å². The molecular formula is C34H47N3O4S. The van der Waals surface area contributed by atoms with E-state index in [1.807, 2.05) is 64.1 Å². The first kappa shape index (κ1) is 30.6. The molecule has 0 heterocycles. The predicted molar refractivity (Wildman–Crippen MR) is 168 cm³/mol. The number of carbonyl (C=O) groups is 2. The Kier molecular flexibility index (Phi) is 8.25. The molecule has 4 aliphatic carbocycles. The van der Waals surface area contributed by atoms with Gasteiger partial charge in [0.15, 0.2) is 0 Å². The van der Waals surface area contributed by atoms with E-state index in [9.17, 15) is 18.0 Å². The van der Waals surface area contributed by atoms with Crippen molar-refractivity contribution in [3.8, 4) is 0 Å². The van der Waals surface area contributed by atoms with Crippen molar-refractivity contribution in [1.29, 1.82) is 0 Å². The molecule has 1 N–H and O–H groups in total. The van der Waals surface area contributed by atoms with Gasteiger partial charge in [0.05, 0.1) is 11.9 Å². The number of amides is 2. The van der Waals surface area contributed by atoms with Gasteiger partial charge in [-0.1, -0.05) is 36.4 Å². The summed E-state index contributed by atoms with van der Waals surface area (Å²) in [5.41, 5.74) is 3.42. The van der Waals surface area contributed by atoms with E-state index >= 15 is 0 Å². The molecule has 0 saturated heterocycles. The molecule has 0 aromatic heterocycles. The van der Waals surface area contributed by atoms with Gasteiger partial charge in [0.1, 0.15) is 12.6 Å². The Labute approximate surface area is 252 Å². The smallest absolute Gasteiger partial charge is 0.244 e. The van der Waals surface area contributed by atoms with Gasteiger partial charge in [0.25, 0.3) is 0 Å². The van der Waals surface area contributed by atoms with Crippen molar-refractivity contribution in [1.82, 2.24) is 10.2 Å². The minimum Gasteiger partial charge on any atom is -0.350 e. The molecular weight excluding hydrogens is 546 g/mol. The van der Waals surface area contributed by atoms with Gasteiger partial charge in [-0.05, 0) is 125 Å². The first-order valence-corrected chi connectivity index (χ1v) is 17.2. The molecule has 4 aliphatic rings. The van der Waals surface area contributed by atoms with Crippen LogP contribution in [-0.2, 0) is 31.6 Å². The van der Waals surface area contributed by atoms with Gasteiger partial charge in [-0.25, -0.2) is 8.42 Å². The van der Waals surface area contributed by atoms with Crippen LogP contribution in [0.15, 0.2) is 48.5 Å². The van der Waals surface area contributed by atoms with Gasteiger partial charge in [-0.15, -0.1) is 0 Å². The van der Waals surface area contributed by atoms with Crippen molar-refractivity contribution >= 4 is 27.5 Å². The van der Waals surface area contributed by atoms with Crippen LogP contribution in [0.3, 0.4) is 0 Å². The zero-order valence-corrected chi connectivity index (χ0v) is 26.8. The molecule has 0 unspecified atom stereocenters. The van der Waals surface area contributed by atoms with E-state index in [1.54, 1.807) is 6.92 Å². The van der Waals surface area contributed by atoms with Crippen LogP contribution in [0.4, 0.5) is 5.69 Å². The van der Waals surface area contributed by atoms with E-state index in [0.717, 1.165) is 35.1 Å². The lowest BCUT2D eigenvalue weighted by atomic mass is 9.48. The standard InChI is InChI=1S/C34H47N3O4S/c1-23-9-7-8-10-28(23)21-36(24(2)32(39)35-33(3,4)5)31(38)22-37(42(6,40)41)30-13-11-29(12-14-30)34-18-25-15-26(19-34)17-27(16-25)20-34/h7-14,24-27H,15-22H2,1-6H3,(H,35,39)/t24-,25?,26?,27?,34?/m1/s1. The van der Waals surface area contributed by atoms with Gasteiger partial charge in [-0.3, -0.25) is 13.9 Å². The molecule has 42 heavy (non-hydrogen) atoms. The third-order valence-electron chi connectivity index (χ3n) is 9.75. The highest BCUT2D eigenvalue weighted by molar-refractivity contribution is 7.92. The number of carbonyl (C=O) groups excluding carboxylic acids is 2. The number of nitrogens with one attached hydrogen (secondary N) is 1. The van der Waals surface area contributed by atoms with E-state index in [1.165, 1.54) is 53.3 Å². The predicted octanol–water partition coefficient (Wildman–Crippen LogP) is 5.56. The molecule has 2 aromatic carbocycles. The first-order chi connectivity index (χ1) is 19.6. The summed E-state index contributed by atoms with van der Waals surface area (Å²) >= 11 is 0. The Morgan fingerprint density at radius 1 is 0.952 bits per heavy atom. The fourth-order valence-corrected chi connectivity index (χ4v) is 8.94. The topological polar surface area (TPSA) is 86.8 Å². The van der Waals surface area contributed by atoms with E-state index in [-0.39, 0.29) is 24.4 Å². The number of anilines is 1. The third-order valence-corrected chi connectivity index (χ3v) is 10.9. The summed E-state index contributed by atoms with van der Waals surface area (Å²) in [6, 6.07) is 14.8. The molecule has 0 radical (unpaired) electrons. The highest BCUT2D eigenvalue weighted by Gasteiger charge is 2.51. The monoisotopic (exact) mass is 593 g/mol. The average molecular weight is 594 g/mol. The SMILES string of the molecule is Cc1ccccc1CN(C(=O)CN(c1ccc(C23CC4CC(CC(C4)C2)C3)cc1)S(C)(=O)=O)[C@H](C)C(=O)NC(C)(C)C. The molecule has 4 bridgehead atoms. The normalized spacial score (nSPS) is 25.6. The van der Waals surface area contributed by atoms with Gasteiger partial charge in [0.2, 0.25) is 21.8 Å². The zero-order valence-electron chi connectivity index (χ0n) is 26.0. The molecule has 2 amide bonds. The summed E-state index contributed by atoms with van der Waals surface area (Å²) < 4.78 is 27.3. The fourth-order valence-electron chi connectivity index (χ4n) is 8.09. The number of hydrogen-bond acceptors (Lipinski definition) is 4. The maximum atomic E-state index is 13.9. The maximum Gasteiger partial charge on any atom is 0.244 e. The number of benzene rings is 2. The number of hydrogen-bond donors (Lipinski definition) is 1. The molecule has 2 aromatic rings. The summed E-state index contributed by atoms with van der Waals surface area (Å²) in [7, 11) is -3.77. The molecule has 0 spiro atoms. The number of nitrogens with zero attached hydrogens (tertiary/aromatic N) is 2. The Balaban J connectivity index is 1.40. The Bertz CT molecular complexity index is 1390. The molecule has 0 aliphatic heterocycles. The van der Waals surface area contributed by atoms with Crippen molar-refractivity contribution in [3.63, 3.8) is 0 Å². The van der Waals surface area contributed by atoms with Crippen molar-refractivity contribution in [2.75, 3.05) is 17.1 Å². The van der Waals surface area contributed by atoms with E-state index in [4.69, 9.17) is 0 Å². The molecule has 8 heteroatoms. The van der Waals surface area contributed by atoms with Crippen molar-refractivity contribution in [2.24, 2.45) is 17.8 Å². The van der Waals surface area contributed by atoms with Crippen LogP contribution >= 0.6 is 0 Å². The molecule has 4 fully saturated rings. The van der Waals surface area contributed by atoms with Gasteiger partial charge < -0.3 is 10.2 Å². The summed E-state index contributed by atoms with van der Waals surface area (Å²) in [5, 5.41) is 2.97. The summed E-state index contributed by atoms with van der Waals surface area (Å²) in [5.74, 6) is 1.74. The minimum absolute atomic E-state index is 0.201. The quantitative estimate of drug-likeness (QED) is 0.413. The van der Waals surface area contributed by atoms with Gasteiger partial charge in [-0.2, -0.15) is 0 Å². The lowest BCUT2D eigenvalue weighted by Crippen LogP contribution is -2.54. The van der Waals surface area contributed by atoms with E-state index in [0.29, 0.717) is 5.69 Å². The molecule has 228 valence electrons. The highest BCUT2D eigenvalue weighted by atomic mass is 32.2. The maximum absolute atomic E-state index is 13.9. The largest absolute Gasteiger partial charge is 0.350 e. The van der Waals surface area contributed by atoms with Crippen LogP contribution in [0.25, 0.3) is 0 Å². The third kappa shape index (κ3) is 6.53. The summed E-state index contributed by atoms with van der Waals surface area (Å²) in [6.07, 6.45) is 8.93. The summed E-state index contributed by atoms with van der Waals surface area (Å²) in [6.45, 7) is 9.16. The minimum atomic E-state index is -3.77. The van der Waals surface area contributed by atoms with Crippen molar-refractivity contribution in [3.05, 3.63) is 65.2 Å². The van der Waals surface area contributed by atoms with E-state index in [2.05, 4.69) is 17.4 Å². The van der Waals surface area contributed by atoms with Crippen LogP contribution in [0.1, 0.15) is 82.9 Å². The molecule has 7 nitrogen and oxygen atoms in total.